The summed E-state index contributed by atoms with van der Waals surface area (Å²) in [5.41, 5.74) is 0. The molecule has 0 atom stereocenters. The minimum absolute atomic E-state index is 0. The van der Waals surface area contributed by atoms with Crippen LogP contribution in [0.1, 0.15) is 33.1 Å². The summed E-state index contributed by atoms with van der Waals surface area (Å²) < 4.78 is 42.5. The van der Waals surface area contributed by atoms with E-state index >= 15 is 0 Å². The molecule has 1 heterocycles. The van der Waals surface area contributed by atoms with Gasteiger partial charge in [0.2, 0.25) is 0 Å². The van der Waals surface area contributed by atoms with Crippen LogP contribution in [0, 0.1) is 0 Å². The van der Waals surface area contributed by atoms with Crippen molar-refractivity contribution >= 4 is 29.9 Å². The van der Waals surface area contributed by atoms with Crippen LogP contribution in [0.4, 0.5) is 13.2 Å². The van der Waals surface area contributed by atoms with Gasteiger partial charge in [-0.15, -0.1) is 24.0 Å². The van der Waals surface area contributed by atoms with Gasteiger partial charge in [-0.2, -0.15) is 13.2 Å². The molecule has 0 aromatic carbocycles. The molecule has 150 valence electrons. The van der Waals surface area contributed by atoms with Gasteiger partial charge in [-0.05, 0) is 46.7 Å². The van der Waals surface area contributed by atoms with E-state index in [4.69, 9.17) is 4.74 Å². The fraction of sp³-hybridized carbons (Fsp3) is 0.938. The normalized spacial score (nSPS) is 16.9. The number of halogens is 4. The Morgan fingerprint density at radius 3 is 2.44 bits per heavy atom. The Labute approximate surface area is 166 Å². The number of piperidine rings is 1. The molecule has 5 nitrogen and oxygen atoms in total. The van der Waals surface area contributed by atoms with E-state index < -0.39 is 12.7 Å². The van der Waals surface area contributed by atoms with Gasteiger partial charge < -0.3 is 15.0 Å². The SMILES string of the molecule is CCNC(=NCCCN(C)CC(F)(F)F)N1CCC(OCC)CC1.I. The first kappa shape index (κ1) is 24.7. The smallest absolute Gasteiger partial charge is 0.378 e. The quantitative estimate of drug-likeness (QED) is 0.251. The Bertz CT molecular complexity index is 375. The molecule has 0 unspecified atom stereocenters. The van der Waals surface area contributed by atoms with Crippen LogP contribution < -0.4 is 5.32 Å². The molecule has 0 bridgehead atoms. The molecule has 1 fully saturated rings. The van der Waals surface area contributed by atoms with Crippen molar-refractivity contribution in [2.24, 2.45) is 4.99 Å². The van der Waals surface area contributed by atoms with Crippen LogP contribution in [0.25, 0.3) is 0 Å². The van der Waals surface area contributed by atoms with Crippen LogP contribution in [-0.2, 0) is 4.74 Å². The van der Waals surface area contributed by atoms with Gasteiger partial charge in [0.1, 0.15) is 0 Å². The lowest BCUT2D eigenvalue weighted by atomic mass is 10.1. The first-order valence-corrected chi connectivity index (χ1v) is 8.75. The summed E-state index contributed by atoms with van der Waals surface area (Å²) >= 11 is 0. The van der Waals surface area contributed by atoms with Crippen molar-refractivity contribution < 1.29 is 17.9 Å². The zero-order valence-electron chi connectivity index (χ0n) is 15.4. The molecule has 1 N–H and O–H groups in total. The average molecular weight is 480 g/mol. The largest absolute Gasteiger partial charge is 0.401 e. The summed E-state index contributed by atoms with van der Waals surface area (Å²) in [7, 11) is 1.49. The topological polar surface area (TPSA) is 40.1 Å². The van der Waals surface area contributed by atoms with E-state index in [-0.39, 0.29) is 24.0 Å². The van der Waals surface area contributed by atoms with Crippen LogP contribution in [0.2, 0.25) is 0 Å². The van der Waals surface area contributed by atoms with Crippen LogP contribution in [0.3, 0.4) is 0 Å². The van der Waals surface area contributed by atoms with Crippen molar-refractivity contribution in [2.75, 3.05) is 52.9 Å². The van der Waals surface area contributed by atoms with Gasteiger partial charge in [-0.25, -0.2) is 0 Å². The molecule has 1 aliphatic rings. The van der Waals surface area contributed by atoms with Gasteiger partial charge in [0.05, 0.1) is 12.6 Å². The average Bonchev–Trinajstić information content (AvgIpc) is 2.50. The fourth-order valence-corrected chi connectivity index (χ4v) is 2.81. The molecular weight excluding hydrogens is 448 g/mol. The molecule has 25 heavy (non-hydrogen) atoms. The van der Waals surface area contributed by atoms with Crippen molar-refractivity contribution in [3.63, 3.8) is 0 Å². The van der Waals surface area contributed by atoms with Gasteiger partial charge in [-0.1, -0.05) is 0 Å². The maximum atomic E-state index is 12.3. The van der Waals surface area contributed by atoms with Crippen molar-refractivity contribution in [1.29, 1.82) is 0 Å². The van der Waals surface area contributed by atoms with E-state index in [9.17, 15) is 13.2 Å². The molecule has 0 radical (unpaired) electrons. The van der Waals surface area contributed by atoms with Gasteiger partial charge in [0.15, 0.2) is 5.96 Å². The van der Waals surface area contributed by atoms with Crippen LogP contribution in [0.15, 0.2) is 4.99 Å². The number of hydrogen-bond acceptors (Lipinski definition) is 3. The lowest BCUT2D eigenvalue weighted by Crippen LogP contribution is -2.47. The molecule has 1 saturated heterocycles. The minimum Gasteiger partial charge on any atom is -0.378 e. The third kappa shape index (κ3) is 11.1. The van der Waals surface area contributed by atoms with Crippen LogP contribution >= 0.6 is 24.0 Å². The fourth-order valence-electron chi connectivity index (χ4n) is 2.81. The van der Waals surface area contributed by atoms with Crippen LogP contribution in [-0.4, -0.2) is 81.0 Å². The molecule has 1 aliphatic heterocycles. The van der Waals surface area contributed by atoms with Gasteiger partial charge >= 0.3 is 6.18 Å². The minimum atomic E-state index is -4.14. The molecular formula is C16H32F3IN4O. The second-order valence-electron chi connectivity index (χ2n) is 6.08. The summed E-state index contributed by atoms with van der Waals surface area (Å²) in [5, 5.41) is 3.27. The maximum absolute atomic E-state index is 12.3. The zero-order chi connectivity index (χ0) is 18.0. The number of alkyl halides is 3. The molecule has 0 aliphatic carbocycles. The highest BCUT2D eigenvalue weighted by Gasteiger charge is 2.28. The summed E-state index contributed by atoms with van der Waals surface area (Å²) in [5.74, 6) is 0.853. The Balaban J connectivity index is 0.00000576. The molecule has 0 saturated carbocycles. The monoisotopic (exact) mass is 480 g/mol. The van der Waals surface area contributed by atoms with E-state index in [1.807, 2.05) is 13.8 Å². The molecule has 9 heteroatoms. The second kappa shape index (κ2) is 13.0. The van der Waals surface area contributed by atoms with Crippen LogP contribution in [0.5, 0.6) is 0 Å². The number of nitrogens with zero attached hydrogens (tertiary/aromatic N) is 3. The lowest BCUT2D eigenvalue weighted by Gasteiger charge is -2.34. The predicted octanol–water partition coefficient (Wildman–Crippen LogP) is 2.96. The summed E-state index contributed by atoms with van der Waals surface area (Å²) in [4.78, 5) is 8.05. The number of guanidine groups is 1. The van der Waals surface area contributed by atoms with E-state index in [1.54, 1.807) is 0 Å². The highest BCUT2D eigenvalue weighted by atomic mass is 127. The number of nitrogens with one attached hydrogen (secondary N) is 1. The van der Waals surface area contributed by atoms with Crippen molar-refractivity contribution in [3.8, 4) is 0 Å². The van der Waals surface area contributed by atoms with Crippen molar-refractivity contribution in [3.05, 3.63) is 0 Å². The Morgan fingerprint density at radius 1 is 1.28 bits per heavy atom. The third-order valence-electron chi connectivity index (χ3n) is 3.89. The number of aliphatic imine (C=N–C) groups is 1. The van der Waals surface area contributed by atoms with E-state index in [2.05, 4.69) is 15.2 Å². The Kier molecular flexibility index (Phi) is 12.8. The van der Waals surface area contributed by atoms with E-state index in [0.29, 0.717) is 25.6 Å². The number of likely N-dealkylation sites (tertiary alicyclic amines) is 1. The van der Waals surface area contributed by atoms with E-state index in [1.165, 1.54) is 11.9 Å². The second-order valence-corrected chi connectivity index (χ2v) is 6.08. The summed E-state index contributed by atoms with van der Waals surface area (Å²) in [6.45, 7) is 7.36. The van der Waals surface area contributed by atoms with Gasteiger partial charge in [0, 0.05) is 32.8 Å². The number of hydrogen-bond donors (Lipinski definition) is 1. The van der Waals surface area contributed by atoms with Crippen molar-refractivity contribution in [2.45, 2.75) is 45.4 Å². The lowest BCUT2D eigenvalue weighted by molar-refractivity contribution is -0.143. The van der Waals surface area contributed by atoms with Gasteiger partial charge in [-0.3, -0.25) is 9.89 Å². The molecule has 0 spiro atoms. The first-order chi connectivity index (χ1) is 11.4. The first-order valence-electron chi connectivity index (χ1n) is 8.75. The predicted molar refractivity (Wildman–Crippen MR) is 106 cm³/mol. The number of rotatable bonds is 8. The molecule has 0 amide bonds. The number of ether oxygens (including phenoxy) is 1. The van der Waals surface area contributed by atoms with E-state index in [0.717, 1.165) is 45.0 Å². The molecule has 0 aromatic heterocycles. The summed E-state index contributed by atoms with van der Waals surface area (Å²) in [6.07, 6.45) is -1.25. The third-order valence-corrected chi connectivity index (χ3v) is 3.89. The maximum Gasteiger partial charge on any atom is 0.401 e. The molecule has 0 aromatic rings. The van der Waals surface area contributed by atoms with Crippen molar-refractivity contribution in [1.82, 2.24) is 15.1 Å². The van der Waals surface area contributed by atoms with Gasteiger partial charge in [0.25, 0.3) is 0 Å². The summed E-state index contributed by atoms with van der Waals surface area (Å²) in [6, 6.07) is 0. The zero-order valence-corrected chi connectivity index (χ0v) is 17.8. The highest BCUT2D eigenvalue weighted by Crippen LogP contribution is 2.16. The Morgan fingerprint density at radius 2 is 1.92 bits per heavy atom. The molecule has 1 rings (SSSR count). The Hall–Kier alpha value is -0.290. The highest BCUT2D eigenvalue weighted by molar-refractivity contribution is 14.0. The standard InChI is InChI=1S/C16H31F3N4O.HI/c1-4-20-15(23-11-7-14(8-12-23)24-5-2)21-9-6-10-22(3)13-16(17,18)19;/h14H,4-13H2,1-3H3,(H,20,21);1H.